The largest absolute Gasteiger partial charge is 0.456 e. The molecule has 0 saturated heterocycles. The molecule has 0 aliphatic heterocycles. The Kier molecular flexibility index (Phi) is 4.93. The van der Waals surface area contributed by atoms with Crippen molar-refractivity contribution in [3.05, 3.63) is 152 Å². The van der Waals surface area contributed by atoms with Crippen LogP contribution in [-0.2, 0) is 0 Å². The molecule has 0 aliphatic rings. The molecule has 2 heteroatoms. The minimum Gasteiger partial charge on any atom is -0.456 e. The Bertz CT molecular complexity index is 2440. The topological polar surface area (TPSA) is 18.1 Å². The zero-order chi connectivity index (χ0) is 27.6. The Morgan fingerprint density at radius 3 is 1.71 bits per heavy atom. The lowest BCUT2D eigenvalue weighted by Gasteiger charge is -2.10. The number of aromatic nitrogens is 1. The lowest BCUT2D eigenvalue weighted by atomic mass is 9.99. The van der Waals surface area contributed by atoms with Crippen molar-refractivity contribution in [1.82, 2.24) is 4.57 Å². The van der Waals surface area contributed by atoms with Crippen molar-refractivity contribution in [2.24, 2.45) is 0 Å². The molecule has 196 valence electrons. The Morgan fingerprint density at radius 1 is 0.357 bits per heavy atom. The van der Waals surface area contributed by atoms with Crippen LogP contribution >= 0.6 is 0 Å². The van der Waals surface area contributed by atoms with Crippen molar-refractivity contribution in [2.75, 3.05) is 0 Å². The van der Waals surface area contributed by atoms with Gasteiger partial charge < -0.3 is 8.98 Å². The second kappa shape index (κ2) is 8.95. The van der Waals surface area contributed by atoms with Gasteiger partial charge in [-0.1, -0.05) is 103 Å². The summed E-state index contributed by atoms with van der Waals surface area (Å²) >= 11 is 0. The maximum Gasteiger partial charge on any atom is 0.135 e. The van der Waals surface area contributed by atoms with Crippen LogP contribution in [0.2, 0.25) is 0 Å². The van der Waals surface area contributed by atoms with Crippen molar-refractivity contribution in [3.63, 3.8) is 0 Å². The Hall–Kier alpha value is -5.60. The highest BCUT2D eigenvalue weighted by atomic mass is 16.3. The fraction of sp³-hybridized carbons (Fsp3) is 0. The van der Waals surface area contributed by atoms with Crippen molar-refractivity contribution in [2.45, 2.75) is 0 Å². The van der Waals surface area contributed by atoms with Crippen LogP contribution in [0.15, 0.2) is 156 Å². The van der Waals surface area contributed by atoms with Gasteiger partial charge in [0.05, 0.1) is 11.0 Å². The van der Waals surface area contributed by atoms with Gasteiger partial charge in [0.2, 0.25) is 0 Å². The van der Waals surface area contributed by atoms with E-state index in [9.17, 15) is 0 Å². The molecule has 7 aromatic carbocycles. The van der Waals surface area contributed by atoms with Crippen LogP contribution < -0.4 is 0 Å². The number of hydrogen-bond donors (Lipinski definition) is 0. The smallest absolute Gasteiger partial charge is 0.135 e. The van der Waals surface area contributed by atoms with Gasteiger partial charge in [-0.3, -0.25) is 0 Å². The van der Waals surface area contributed by atoms with Crippen LogP contribution in [0, 0.1) is 0 Å². The number of hydrogen-bond acceptors (Lipinski definition) is 1. The van der Waals surface area contributed by atoms with Gasteiger partial charge in [0.1, 0.15) is 11.2 Å². The summed E-state index contributed by atoms with van der Waals surface area (Å²) in [5.74, 6) is 0. The van der Waals surface area contributed by atoms with Gasteiger partial charge >= 0.3 is 0 Å². The molecule has 0 bridgehead atoms. The number of nitrogens with zero attached hydrogens (tertiary/aromatic N) is 1. The van der Waals surface area contributed by atoms with E-state index in [4.69, 9.17) is 4.42 Å². The molecule has 9 rings (SSSR count). The predicted octanol–water partition coefficient (Wildman–Crippen LogP) is 11.2. The van der Waals surface area contributed by atoms with Gasteiger partial charge in [-0.05, 0) is 81.6 Å². The standard InChI is InChI=1S/C40H25NO/c1-2-8-30-25-38-35(23-29(30)7-1)33-9-3-5-11-37(33)41(38)32-20-17-27(18-21-32)26-13-15-28(16-14-26)31-19-22-40-36(24-31)34-10-4-6-12-39(34)42-40/h1-25H. The molecule has 0 unspecified atom stereocenters. The SMILES string of the molecule is c1ccc2cc3c(cc2c1)c1ccccc1n3-c1ccc(-c2ccc(-c3ccc4oc5ccccc5c4c3)cc2)cc1. The van der Waals surface area contributed by atoms with Crippen LogP contribution in [0.3, 0.4) is 0 Å². The average molecular weight is 536 g/mol. The van der Waals surface area contributed by atoms with E-state index in [0.717, 1.165) is 27.6 Å². The fourth-order valence-electron chi connectivity index (χ4n) is 6.50. The van der Waals surface area contributed by atoms with Crippen molar-refractivity contribution in [3.8, 4) is 27.9 Å². The van der Waals surface area contributed by atoms with Gasteiger partial charge in [0.15, 0.2) is 0 Å². The van der Waals surface area contributed by atoms with Crippen molar-refractivity contribution < 1.29 is 4.42 Å². The van der Waals surface area contributed by atoms with E-state index in [-0.39, 0.29) is 0 Å². The summed E-state index contributed by atoms with van der Waals surface area (Å²) in [6.45, 7) is 0. The molecule has 2 nitrogen and oxygen atoms in total. The lowest BCUT2D eigenvalue weighted by Crippen LogP contribution is -1.93. The second-order valence-corrected chi connectivity index (χ2v) is 11.0. The summed E-state index contributed by atoms with van der Waals surface area (Å²) in [5, 5.41) is 7.39. The third kappa shape index (κ3) is 3.52. The van der Waals surface area contributed by atoms with E-state index in [1.165, 1.54) is 54.8 Å². The van der Waals surface area contributed by atoms with Crippen LogP contribution in [0.5, 0.6) is 0 Å². The molecule has 2 aromatic heterocycles. The monoisotopic (exact) mass is 535 g/mol. The summed E-state index contributed by atoms with van der Waals surface area (Å²) in [5.41, 5.74) is 10.3. The van der Waals surface area contributed by atoms with E-state index in [2.05, 4.69) is 144 Å². The first-order valence-electron chi connectivity index (χ1n) is 14.3. The highest BCUT2D eigenvalue weighted by Gasteiger charge is 2.13. The number of benzene rings is 7. The van der Waals surface area contributed by atoms with Gasteiger partial charge in [0, 0.05) is 27.2 Å². The molecule has 0 fully saturated rings. The highest BCUT2D eigenvalue weighted by molar-refractivity contribution is 6.13. The van der Waals surface area contributed by atoms with Gasteiger partial charge in [-0.2, -0.15) is 0 Å². The summed E-state index contributed by atoms with van der Waals surface area (Å²) in [4.78, 5) is 0. The Labute approximate surface area is 242 Å². The highest BCUT2D eigenvalue weighted by Crippen LogP contribution is 2.36. The Balaban J connectivity index is 1.09. The molecule has 0 N–H and O–H groups in total. The van der Waals surface area contributed by atoms with E-state index in [1.807, 2.05) is 12.1 Å². The summed E-state index contributed by atoms with van der Waals surface area (Å²) < 4.78 is 8.41. The zero-order valence-corrected chi connectivity index (χ0v) is 22.8. The van der Waals surface area contributed by atoms with E-state index in [1.54, 1.807) is 0 Å². The first-order chi connectivity index (χ1) is 20.8. The molecule has 2 heterocycles. The van der Waals surface area contributed by atoms with Crippen molar-refractivity contribution in [1.29, 1.82) is 0 Å². The maximum atomic E-state index is 6.02. The van der Waals surface area contributed by atoms with Crippen LogP contribution in [-0.4, -0.2) is 4.57 Å². The number of furan rings is 1. The molecule has 0 spiro atoms. The van der Waals surface area contributed by atoms with Gasteiger partial charge in [0.25, 0.3) is 0 Å². The zero-order valence-electron chi connectivity index (χ0n) is 22.8. The molecule has 42 heavy (non-hydrogen) atoms. The van der Waals surface area contributed by atoms with Crippen LogP contribution in [0.25, 0.3) is 82.5 Å². The minimum absolute atomic E-state index is 0.924. The molecule has 9 aromatic rings. The first kappa shape index (κ1) is 23.1. The van der Waals surface area contributed by atoms with Gasteiger partial charge in [-0.15, -0.1) is 0 Å². The third-order valence-corrected chi connectivity index (χ3v) is 8.59. The maximum absolute atomic E-state index is 6.02. The summed E-state index contributed by atoms with van der Waals surface area (Å²) in [6, 6.07) is 54.4. The van der Waals surface area contributed by atoms with E-state index < -0.39 is 0 Å². The lowest BCUT2D eigenvalue weighted by molar-refractivity contribution is 0.669. The third-order valence-electron chi connectivity index (χ3n) is 8.59. The summed E-state index contributed by atoms with van der Waals surface area (Å²) in [6.07, 6.45) is 0. The van der Waals surface area contributed by atoms with Gasteiger partial charge in [-0.25, -0.2) is 0 Å². The van der Waals surface area contributed by atoms with Crippen molar-refractivity contribution >= 4 is 54.5 Å². The van der Waals surface area contributed by atoms with E-state index >= 15 is 0 Å². The summed E-state index contributed by atoms with van der Waals surface area (Å²) in [7, 11) is 0. The fourth-order valence-corrected chi connectivity index (χ4v) is 6.50. The Morgan fingerprint density at radius 2 is 0.929 bits per heavy atom. The number of rotatable bonds is 3. The molecule has 0 amide bonds. The quantitative estimate of drug-likeness (QED) is 0.220. The van der Waals surface area contributed by atoms with Crippen LogP contribution in [0.1, 0.15) is 0 Å². The second-order valence-electron chi connectivity index (χ2n) is 11.0. The number of para-hydroxylation sites is 2. The molecule has 0 radical (unpaired) electrons. The normalized spacial score (nSPS) is 11.8. The molecular weight excluding hydrogens is 510 g/mol. The molecular formula is C40H25NO. The molecule has 0 aliphatic carbocycles. The van der Waals surface area contributed by atoms with E-state index in [0.29, 0.717) is 0 Å². The van der Waals surface area contributed by atoms with Crippen LogP contribution in [0.4, 0.5) is 0 Å². The minimum atomic E-state index is 0.924. The first-order valence-corrected chi connectivity index (χ1v) is 14.3. The molecule has 0 saturated carbocycles. The predicted molar refractivity (Wildman–Crippen MR) is 176 cm³/mol. The number of fused-ring (bicyclic) bond motifs is 7. The average Bonchev–Trinajstić information content (AvgIpc) is 3.59. The molecule has 0 atom stereocenters.